The number of anilines is 1. The molecule has 1 N–H and O–H groups in total. The highest BCUT2D eigenvalue weighted by Gasteiger charge is 2.01. The summed E-state index contributed by atoms with van der Waals surface area (Å²) >= 11 is 0. The highest BCUT2D eigenvalue weighted by atomic mass is 19.2. The third-order valence-corrected chi connectivity index (χ3v) is 2.21. The molecule has 1 rings (SSSR count). The van der Waals surface area contributed by atoms with Crippen LogP contribution in [0.4, 0.5) is 14.5 Å². The van der Waals surface area contributed by atoms with Crippen LogP contribution in [0.15, 0.2) is 18.2 Å². The largest absolute Gasteiger partial charge is 0.385 e. The van der Waals surface area contributed by atoms with Gasteiger partial charge in [-0.3, -0.25) is 0 Å². The average Bonchev–Trinajstić information content (AvgIpc) is 2.18. The molecule has 0 bridgehead atoms. The first-order chi connectivity index (χ1) is 7.09. The summed E-state index contributed by atoms with van der Waals surface area (Å²) in [5.41, 5.74) is 0.637. The molecule has 0 spiro atoms. The highest BCUT2D eigenvalue weighted by Crippen LogP contribution is 2.13. The molecule has 15 heavy (non-hydrogen) atoms. The van der Waals surface area contributed by atoms with E-state index in [1.54, 1.807) is 6.07 Å². The maximum absolute atomic E-state index is 12.8. The van der Waals surface area contributed by atoms with E-state index < -0.39 is 11.6 Å². The van der Waals surface area contributed by atoms with Crippen molar-refractivity contribution in [1.29, 1.82) is 0 Å². The molecule has 1 aromatic carbocycles. The molecular weight excluding hydrogens is 196 g/mol. The number of halogens is 2. The van der Waals surface area contributed by atoms with Crippen LogP contribution in [0.3, 0.4) is 0 Å². The molecule has 0 amide bonds. The summed E-state index contributed by atoms with van der Waals surface area (Å²) in [6.07, 6.45) is 2.17. The van der Waals surface area contributed by atoms with Gasteiger partial charge in [0.25, 0.3) is 0 Å². The first-order valence-corrected chi connectivity index (χ1v) is 5.28. The zero-order valence-corrected chi connectivity index (χ0v) is 9.19. The van der Waals surface area contributed by atoms with Crippen LogP contribution in [-0.4, -0.2) is 6.54 Å². The standard InChI is InChI=1S/C12H17F2N/c1-9(2)4-3-7-15-10-5-6-11(13)12(14)8-10/h5-6,8-9,15H,3-4,7H2,1-2H3. The minimum Gasteiger partial charge on any atom is -0.385 e. The first-order valence-electron chi connectivity index (χ1n) is 5.28. The maximum atomic E-state index is 12.8. The van der Waals surface area contributed by atoms with Crippen LogP contribution in [-0.2, 0) is 0 Å². The van der Waals surface area contributed by atoms with E-state index in [1.165, 1.54) is 6.07 Å². The fraction of sp³-hybridized carbons (Fsp3) is 0.500. The number of nitrogens with one attached hydrogen (secondary N) is 1. The Bertz CT molecular complexity index is 310. The van der Waals surface area contributed by atoms with E-state index in [1.807, 2.05) is 0 Å². The number of hydrogen-bond donors (Lipinski definition) is 1. The molecule has 1 aromatic rings. The first kappa shape index (κ1) is 12.0. The van der Waals surface area contributed by atoms with Gasteiger partial charge in [-0.1, -0.05) is 13.8 Å². The molecule has 84 valence electrons. The molecule has 0 atom stereocenters. The summed E-state index contributed by atoms with van der Waals surface area (Å²) in [4.78, 5) is 0. The van der Waals surface area contributed by atoms with Crippen molar-refractivity contribution in [2.45, 2.75) is 26.7 Å². The lowest BCUT2D eigenvalue weighted by Crippen LogP contribution is -2.03. The van der Waals surface area contributed by atoms with Gasteiger partial charge in [0.1, 0.15) is 0 Å². The van der Waals surface area contributed by atoms with E-state index in [2.05, 4.69) is 19.2 Å². The van der Waals surface area contributed by atoms with Gasteiger partial charge >= 0.3 is 0 Å². The molecular formula is C12H17F2N. The topological polar surface area (TPSA) is 12.0 Å². The van der Waals surface area contributed by atoms with Gasteiger partial charge in [0.15, 0.2) is 11.6 Å². The summed E-state index contributed by atoms with van der Waals surface area (Å²) in [5.74, 6) is -0.927. The summed E-state index contributed by atoms with van der Waals surface area (Å²) < 4.78 is 25.4. The highest BCUT2D eigenvalue weighted by molar-refractivity contribution is 5.43. The van der Waals surface area contributed by atoms with Crippen LogP contribution >= 0.6 is 0 Å². The number of hydrogen-bond acceptors (Lipinski definition) is 1. The molecule has 0 saturated heterocycles. The van der Waals surface area contributed by atoms with Crippen molar-refractivity contribution >= 4 is 5.69 Å². The fourth-order valence-electron chi connectivity index (χ4n) is 1.35. The van der Waals surface area contributed by atoms with E-state index in [-0.39, 0.29) is 0 Å². The van der Waals surface area contributed by atoms with Gasteiger partial charge in [-0.2, -0.15) is 0 Å². The monoisotopic (exact) mass is 213 g/mol. The summed E-state index contributed by atoms with van der Waals surface area (Å²) in [5, 5.41) is 3.06. The second kappa shape index (κ2) is 5.69. The van der Waals surface area contributed by atoms with Crippen molar-refractivity contribution < 1.29 is 8.78 Å². The minimum atomic E-state index is -0.803. The lowest BCUT2D eigenvalue weighted by Gasteiger charge is -2.07. The van der Waals surface area contributed by atoms with Crippen molar-refractivity contribution in [3.63, 3.8) is 0 Å². The summed E-state index contributed by atoms with van der Waals surface area (Å²) in [7, 11) is 0. The quantitative estimate of drug-likeness (QED) is 0.733. The van der Waals surface area contributed by atoms with Gasteiger partial charge in [-0.15, -0.1) is 0 Å². The Morgan fingerprint density at radius 1 is 1.20 bits per heavy atom. The normalized spacial score (nSPS) is 10.7. The molecule has 0 fully saturated rings. The molecule has 0 aliphatic heterocycles. The molecule has 0 saturated carbocycles. The SMILES string of the molecule is CC(C)CCCNc1ccc(F)c(F)c1. The lowest BCUT2D eigenvalue weighted by atomic mass is 10.1. The molecule has 0 radical (unpaired) electrons. The molecule has 0 aliphatic carbocycles. The van der Waals surface area contributed by atoms with Gasteiger partial charge in [-0.25, -0.2) is 8.78 Å². The van der Waals surface area contributed by atoms with Gasteiger partial charge < -0.3 is 5.32 Å². The van der Waals surface area contributed by atoms with Gasteiger partial charge in [0, 0.05) is 12.2 Å². The Hall–Kier alpha value is -1.12. The van der Waals surface area contributed by atoms with Crippen LogP contribution < -0.4 is 5.32 Å². The predicted octanol–water partition coefficient (Wildman–Crippen LogP) is 3.81. The van der Waals surface area contributed by atoms with Crippen molar-refractivity contribution in [2.75, 3.05) is 11.9 Å². The Morgan fingerprint density at radius 2 is 1.93 bits per heavy atom. The second-order valence-electron chi connectivity index (χ2n) is 4.09. The smallest absolute Gasteiger partial charge is 0.160 e. The van der Waals surface area contributed by atoms with Crippen LogP contribution in [0.5, 0.6) is 0 Å². The van der Waals surface area contributed by atoms with Gasteiger partial charge in [0.05, 0.1) is 0 Å². The second-order valence-corrected chi connectivity index (χ2v) is 4.09. The predicted molar refractivity (Wildman–Crippen MR) is 58.9 cm³/mol. The third kappa shape index (κ3) is 4.28. The lowest BCUT2D eigenvalue weighted by molar-refractivity contribution is 0.509. The summed E-state index contributed by atoms with van der Waals surface area (Å²) in [6, 6.07) is 3.87. The fourth-order valence-corrected chi connectivity index (χ4v) is 1.35. The Labute approximate surface area is 89.5 Å². The Kier molecular flexibility index (Phi) is 4.53. The van der Waals surface area contributed by atoms with E-state index >= 15 is 0 Å². The zero-order chi connectivity index (χ0) is 11.3. The maximum Gasteiger partial charge on any atom is 0.160 e. The molecule has 0 heterocycles. The number of rotatable bonds is 5. The van der Waals surface area contributed by atoms with E-state index in [0.717, 1.165) is 25.5 Å². The van der Waals surface area contributed by atoms with Crippen molar-refractivity contribution in [3.05, 3.63) is 29.8 Å². The van der Waals surface area contributed by atoms with Gasteiger partial charge in [-0.05, 0) is 37.0 Å². The summed E-state index contributed by atoms with van der Waals surface area (Å²) in [6.45, 7) is 5.12. The van der Waals surface area contributed by atoms with Crippen LogP contribution in [0.25, 0.3) is 0 Å². The minimum absolute atomic E-state index is 0.637. The molecule has 3 heteroatoms. The van der Waals surface area contributed by atoms with Crippen molar-refractivity contribution in [1.82, 2.24) is 0 Å². The van der Waals surface area contributed by atoms with Crippen molar-refractivity contribution in [2.24, 2.45) is 5.92 Å². The zero-order valence-electron chi connectivity index (χ0n) is 9.19. The molecule has 0 aliphatic rings. The number of benzene rings is 1. The van der Waals surface area contributed by atoms with E-state index in [0.29, 0.717) is 11.6 Å². The van der Waals surface area contributed by atoms with Gasteiger partial charge in [0.2, 0.25) is 0 Å². The van der Waals surface area contributed by atoms with Crippen molar-refractivity contribution in [3.8, 4) is 0 Å². The Balaban J connectivity index is 2.35. The average molecular weight is 213 g/mol. The molecule has 0 aromatic heterocycles. The molecule has 0 unspecified atom stereocenters. The van der Waals surface area contributed by atoms with Crippen LogP contribution in [0.2, 0.25) is 0 Å². The molecule has 1 nitrogen and oxygen atoms in total. The van der Waals surface area contributed by atoms with E-state index in [9.17, 15) is 8.78 Å². The Morgan fingerprint density at radius 3 is 2.53 bits per heavy atom. The van der Waals surface area contributed by atoms with Crippen LogP contribution in [0.1, 0.15) is 26.7 Å². The van der Waals surface area contributed by atoms with E-state index in [4.69, 9.17) is 0 Å². The third-order valence-electron chi connectivity index (χ3n) is 2.21. The van der Waals surface area contributed by atoms with Crippen LogP contribution in [0, 0.1) is 17.6 Å².